The molecule has 2 aromatic rings. The number of phenolic OH excluding ortho intramolecular Hbond substituents is 1. The lowest BCUT2D eigenvalue weighted by Gasteiger charge is -2.31. The van der Waals surface area contributed by atoms with Crippen LogP contribution in [0.2, 0.25) is 0 Å². The minimum Gasteiger partial charge on any atom is -0.508 e. The number of nitrogens with one attached hydrogen (secondary N) is 1. The number of aliphatic carboxylic acids is 1. The zero-order valence-corrected chi connectivity index (χ0v) is 18.3. The van der Waals surface area contributed by atoms with Crippen molar-refractivity contribution >= 4 is 17.8 Å². The molecule has 3 N–H and O–H groups in total. The van der Waals surface area contributed by atoms with Crippen molar-refractivity contribution in [2.75, 3.05) is 6.54 Å². The fourth-order valence-electron chi connectivity index (χ4n) is 4.12. The predicted molar refractivity (Wildman–Crippen MR) is 120 cm³/mol. The van der Waals surface area contributed by atoms with Crippen LogP contribution in [0.15, 0.2) is 54.6 Å². The highest BCUT2D eigenvalue weighted by atomic mass is 16.4. The van der Waals surface area contributed by atoms with Gasteiger partial charge in [0.05, 0.1) is 0 Å². The monoisotopic (exact) mass is 438 g/mol. The maximum atomic E-state index is 13.0. The van der Waals surface area contributed by atoms with E-state index >= 15 is 0 Å². The van der Waals surface area contributed by atoms with Gasteiger partial charge in [-0.05, 0) is 55.9 Å². The molecule has 2 aromatic carbocycles. The molecule has 3 rings (SSSR count). The van der Waals surface area contributed by atoms with Gasteiger partial charge in [0, 0.05) is 19.4 Å². The molecule has 2 amide bonds. The number of rotatable bonds is 9. The van der Waals surface area contributed by atoms with Gasteiger partial charge in [0.25, 0.3) is 0 Å². The number of phenols is 1. The van der Waals surface area contributed by atoms with Crippen LogP contribution in [0.25, 0.3) is 0 Å². The second-order valence-corrected chi connectivity index (χ2v) is 8.55. The molecule has 0 unspecified atom stereocenters. The molecule has 0 spiro atoms. The Morgan fingerprint density at radius 2 is 1.75 bits per heavy atom. The highest BCUT2D eigenvalue weighted by Gasteiger charge is 2.40. The first kappa shape index (κ1) is 23.3. The number of hydrogen-bond donors (Lipinski definition) is 3. The molecule has 170 valence electrons. The number of aryl methyl sites for hydroxylation is 1. The number of carbonyl (C=O) groups excluding carboxylic acids is 2. The molecule has 1 aliphatic heterocycles. The van der Waals surface area contributed by atoms with E-state index < -0.39 is 23.5 Å². The highest BCUT2D eigenvalue weighted by Crippen LogP contribution is 2.22. The van der Waals surface area contributed by atoms with Crippen LogP contribution >= 0.6 is 0 Å². The van der Waals surface area contributed by atoms with Gasteiger partial charge in [-0.2, -0.15) is 0 Å². The first-order valence-corrected chi connectivity index (χ1v) is 11.0. The number of likely N-dealkylation sites (tertiary alicyclic amines) is 1. The fourth-order valence-corrected chi connectivity index (χ4v) is 4.12. The third-order valence-electron chi connectivity index (χ3n) is 5.94. The average molecular weight is 439 g/mol. The molecule has 7 nitrogen and oxygen atoms in total. The molecule has 1 saturated heterocycles. The summed E-state index contributed by atoms with van der Waals surface area (Å²) in [6.07, 6.45) is 3.04. The largest absolute Gasteiger partial charge is 0.508 e. The summed E-state index contributed by atoms with van der Waals surface area (Å²) < 4.78 is 0. The summed E-state index contributed by atoms with van der Waals surface area (Å²) in [7, 11) is 0. The van der Waals surface area contributed by atoms with Gasteiger partial charge in [-0.15, -0.1) is 0 Å². The van der Waals surface area contributed by atoms with E-state index in [-0.39, 0.29) is 18.1 Å². The van der Waals surface area contributed by atoms with E-state index in [1.54, 1.807) is 17.0 Å². The summed E-state index contributed by atoms with van der Waals surface area (Å²) in [5, 5.41) is 21.8. The molecule has 7 heteroatoms. The fraction of sp³-hybridized carbons (Fsp3) is 0.400. The Kier molecular flexibility index (Phi) is 7.51. The normalized spacial score (nSPS) is 17.5. The Hall–Kier alpha value is -3.35. The second-order valence-electron chi connectivity index (χ2n) is 8.55. The smallest absolute Gasteiger partial charge is 0.329 e. The lowest BCUT2D eigenvalue weighted by Crippen LogP contribution is -2.58. The third-order valence-corrected chi connectivity index (χ3v) is 5.94. The van der Waals surface area contributed by atoms with Crippen molar-refractivity contribution < 1.29 is 24.6 Å². The minimum atomic E-state index is -1.46. The van der Waals surface area contributed by atoms with Crippen LogP contribution in [-0.4, -0.2) is 51.0 Å². The van der Waals surface area contributed by atoms with Crippen molar-refractivity contribution in [1.82, 2.24) is 10.2 Å². The molecule has 1 aliphatic rings. The van der Waals surface area contributed by atoms with Crippen molar-refractivity contribution in [1.29, 1.82) is 0 Å². The summed E-state index contributed by atoms with van der Waals surface area (Å²) in [5.41, 5.74) is 0.380. The number of amides is 2. The van der Waals surface area contributed by atoms with Gasteiger partial charge in [0.1, 0.15) is 17.3 Å². The van der Waals surface area contributed by atoms with Crippen LogP contribution in [0.4, 0.5) is 0 Å². The van der Waals surface area contributed by atoms with Crippen LogP contribution in [-0.2, 0) is 27.2 Å². The van der Waals surface area contributed by atoms with Crippen molar-refractivity contribution in [3.63, 3.8) is 0 Å². The van der Waals surface area contributed by atoms with Gasteiger partial charge >= 0.3 is 5.97 Å². The Labute approximate surface area is 188 Å². The van der Waals surface area contributed by atoms with Gasteiger partial charge < -0.3 is 20.4 Å². The van der Waals surface area contributed by atoms with Gasteiger partial charge in [-0.25, -0.2) is 4.79 Å². The first-order chi connectivity index (χ1) is 15.3. The lowest BCUT2D eigenvalue weighted by molar-refractivity contribution is -0.148. The number of carboxylic acid groups (broad SMARTS) is 1. The Bertz CT molecular complexity index is 945. The molecule has 0 radical (unpaired) electrons. The Morgan fingerprint density at radius 3 is 2.41 bits per heavy atom. The zero-order chi connectivity index (χ0) is 23.1. The van der Waals surface area contributed by atoms with Crippen molar-refractivity contribution in [2.45, 2.75) is 57.0 Å². The number of hydrogen-bond acceptors (Lipinski definition) is 4. The van der Waals surface area contributed by atoms with E-state index in [0.29, 0.717) is 38.6 Å². The first-order valence-electron chi connectivity index (χ1n) is 11.0. The van der Waals surface area contributed by atoms with E-state index in [9.17, 15) is 24.6 Å². The topological polar surface area (TPSA) is 107 Å². The van der Waals surface area contributed by atoms with E-state index in [2.05, 4.69) is 5.32 Å². The SMILES string of the molecule is C[C@@](Cc1ccccc1)(NC(=O)[C@@H]1CCCN1C(=O)CCCc1ccc(O)cc1)C(=O)O. The van der Waals surface area contributed by atoms with E-state index in [1.807, 2.05) is 42.5 Å². The van der Waals surface area contributed by atoms with Gasteiger partial charge in [-0.1, -0.05) is 42.5 Å². The van der Waals surface area contributed by atoms with Crippen LogP contribution in [0.3, 0.4) is 0 Å². The summed E-state index contributed by atoms with van der Waals surface area (Å²) in [4.78, 5) is 39.3. The molecule has 2 atom stereocenters. The molecular formula is C25H30N2O5. The highest BCUT2D eigenvalue weighted by molar-refractivity contribution is 5.92. The van der Waals surface area contributed by atoms with Crippen LogP contribution < -0.4 is 5.32 Å². The number of carbonyl (C=O) groups is 3. The van der Waals surface area contributed by atoms with E-state index in [0.717, 1.165) is 11.1 Å². The summed E-state index contributed by atoms with van der Waals surface area (Å²) in [6, 6.07) is 15.4. The van der Waals surface area contributed by atoms with Crippen LogP contribution in [0.5, 0.6) is 5.75 Å². The number of aromatic hydroxyl groups is 1. The molecule has 0 saturated carbocycles. The quantitative estimate of drug-likeness (QED) is 0.558. The van der Waals surface area contributed by atoms with Gasteiger partial charge in [0.15, 0.2) is 0 Å². The molecule has 0 aromatic heterocycles. The predicted octanol–water partition coefficient (Wildman–Crippen LogP) is 2.91. The molecule has 1 fully saturated rings. The van der Waals surface area contributed by atoms with Gasteiger partial charge in [-0.3, -0.25) is 9.59 Å². The average Bonchev–Trinajstić information content (AvgIpc) is 3.26. The van der Waals surface area contributed by atoms with Crippen molar-refractivity contribution in [3.05, 3.63) is 65.7 Å². The number of nitrogens with zero attached hydrogens (tertiary/aromatic N) is 1. The summed E-state index contributed by atoms with van der Waals surface area (Å²) in [6.45, 7) is 2.00. The molecule has 0 bridgehead atoms. The Balaban J connectivity index is 1.58. The van der Waals surface area contributed by atoms with Crippen LogP contribution in [0.1, 0.15) is 43.7 Å². The summed E-state index contributed by atoms with van der Waals surface area (Å²) in [5.74, 6) is -1.42. The number of carboxylic acids is 1. The van der Waals surface area contributed by atoms with Crippen molar-refractivity contribution in [3.8, 4) is 5.75 Å². The second kappa shape index (κ2) is 10.3. The van der Waals surface area contributed by atoms with Crippen molar-refractivity contribution in [2.24, 2.45) is 0 Å². The third kappa shape index (κ3) is 5.87. The number of benzene rings is 2. The molecule has 1 heterocycles. The van der Waals surface area contributed by atoms with Gasteiger partial charge in [0.2, 0.25) is 11.8 Å². The molecule has 32 heavy (non-hydrogen) atoms. The van der Waals surface area contributed by atoms with Crippen LogP contribution in [0, 0.1) is 0 Å². The molecular weight excluding hydrogens is 408 g/mol. The Morgan fingerprint density at radius 1 is 1.06 bits per heavy atom. The zero-order valence-electron chi connectivity index (χ0n) is 18.3. The van der Waals surface area contributed by atoms with E-state index in [4.69, 9.17) is 0 Å². The molecule has 0 aliphatic carbocycles. The lowest BCUT2D eigenvalue weighted by atomic mass is 9.92. The summed E-state index contributed by atoms with van der Waals surface area (Å²) >= 11 is 0. The maximum Gasteiger partial charge on any atom is 0.329 e. The van der Waals surface area contributed by atoms with E-state index in [1.165, 1.54) is 6.92 Å². The standard InChI is InChI=1S/C25H30N2O5/c1-25(24(31)32,17-19-7-3-2-4-8-19)26-23(30)21-10-6-16-27(21)22(29)11-5-9-18-12-14-20(28)15-13-18/h2-4,7-8,12-15,21,28H,5-6,9-11,16-17H2,1H3,(H,26,30)(H,31,32)/t21-,25-/m0/s1. The maximum absolute atomic E-state index is 13.0. The minimum absolute atomic E-state index is 0.0958.